The standard InChI is InChI=1S/C19H27ClN4O/c1-5-10-24(11-9-18(25)21-13(3)4)19-15-8-7-14(20)12-16(15)22-17(6-2)23-19/h7-8,12-13H,5-6,9-11H2,1-4H3,(H,21,25). The topological polar surface area (TPSA) is 58.1 Å². The van der Waals surface area contributed by atoms with Crippen LogP contribution in [0.4, 0.5) is 5.82 Å². The first kappa shape index (κ1) is 19.4. The van der Waals surface area contributed by atoms with Gasteiger partial charge in [0.2, 0.25) is 5.91 Å². The average Bonchev–Trinajstić information content (AvgIpc) is 2.56. The van der Waals surface area contributed by atoms with E-state index in [0.717, 1.165) is 41.9 Å². The van der Waals surface area contributed by atoms with Gasteiger partial charge in [0.1, 0.15) is 11.6 Å². The number of nitrogens with zero attached hydrogens (tertiary/aromatic N) is 3. The van der Waals surface area contributed by atoms with E-state index < -0.39 is 0 Å². The third-order valence-corrected chi connectivity index (χ3v) is 4.09. The number of nitrogens with one attached hydrogen (secondary N) is 1. The normalized spacial score (nSPS) is 11.1. The largest absolute Gasteiger partial charge is 0.355 e. The second-order valence-corrected chi connectivity index (χ2v) is 6.87. The molecule has 0 saturated carbocycles. The Hall–Kier alpha value is -1.88. The first-order valence-electron chi connectivity index (χ1n) is 8.95. The predicted molar refractivity (Wildman–Crippen MR) is 104 cm³/mol. The van der Waals surface area contributed by atoms with Gasteiger partial charge in [0, 0.05) is 42.4 Å². The van der Waals surface area contributed by atoms with Crippen molar-refractivity contribution in [3.8, 4) is 0 Å². The Morgan fingerprint density at radius 3 is 2.64 bits per heavy atom. The highest BCUT2D eigenvalue weighted by molar-refractivity contribution is 6.31. The van der Waals surface area contributed by atoms with E-state index in [4.69, 9.17) is 16.6 Å². The summed E-state index contributed by atoms with van der Waals surface area (Å²) in [5.41, 5.74) is 0.849. The molecular weight excluding hydrogens is 336 g/mol. The Labute approximate surface area is 154 Å². The molecule has 0 atom stereocenters. The predicted octanol–water partition coefficient (Wildman–Crippen LogP) is 3.98. The van der Waals surface area contributed by atoms with Gasteiger partial charge in [-0.2, -0.15) is 0 Å². The second kappa shape index (κ2) is 8.99. The molecule has 25 heavy (non-hydrogen) atoms. The van der Waals surface area contributed by atoms with Crippen molar-refractivity contribution in [2.75, 3.05) is 18.0 Å². The molecule has 0 aliphatic carbocycles. The summed E-state index contributed by atoms with van der Waals surface area (Å²) in [5, 5.41) is 4.58. The van der Waals surface area contributed by atoms with Crippen LogP contribution in [0.3, 0.4) is 0 Å². The third kappa shape index (κ3) is 5.30. The van der Waals surface area contributed by atoms with Crippen molar-refractivity contribution in [1.82, 2.24) is 15.3 Å². The maximum atomic E-state index is 12.0. The molecule has 0 aliphatic rings. The van der Waals surface area contributed by atoms with Gasteiger partial charge < -0.3 is 10.2 Å². The summed E-state index contributed by atoms with van der Waals surface area (Å²) in [4.78, 5) is 23.6. The molecule has 2 aromatic rings. The maximum absolute atomic E-state index is 12.0. The van der Waals surface area contributed by atoms with E-state index >= 15 is 0 Å². The fraction of sp³-hybridized carbons (Fsp3) is 0.526. The van der Waals surface area contributed by atoms with E-state index in [-0.39, 0.29) is 11.9 Å². The van der Waals surface area contributed by atoms with E-state index in [1.54, 1.807) is 0 Å². The smallest absolute Gasteiger partial charge is 0.221 e. The Morgan fingerprint density at radius 1 is 1.24 bits per heavy atom. The lowest BCUT2D eigenvalue weighted by atomic mass is 10.2. The molecule has 0 radical (unpaired) electrons. The lowest BCUT2D eigenvalue weighted by Crippen LogP contribution is -2.35. The summed E-state index contributed by atoms with van der Waals surface area (Å²) in [6, 6.07) is 5.85. The van der Waals surface area contributed by atoms with Crippen LogP contribution < -0.4 is 10.2 Å². The second-order valence-electron chi connectivity index (χ2n) is 6.44. The fourth-order valence-corrected chi connectivity index (χ4v) is 2.92. The summed E-state index contributed by atoms with van der Waals surface area (Å²) >= 11 is 6.13. The molecule has 0 spiro atoms. The van der Waals surface area contributed by atoms with Crippen LogP contribution >= 0.6 is 11.6 Å². The zero-order valence-corrected chi connectivity index (χ0v) is 16.2. The quantitative estimate of drug-likeness (QED) is 0.771. The van der Waals surface area contributed by atoms with Crippen molar-refractivity contribution in [2.45, 2.75) is 53.0 Å². The van der Waals surface area contributed by atoms with Crippen molar-refractivity contribution in [3.05, 3.63) is 29.0 Å². The molecule has 1 N–H and O–H groups in total. The van der Waals surface area contributed by atoms with E-state index in [1.165, 1.54) is 0 Å². The number of aryl methyl sites for hydroxylation is 1. The highest BCUT2D eigenvalue weighted by atomic mass is 35.5. The van der Waals surface area contributed by atoms with Crippen LogP contribution in [0.2, 0.25) is 5.02 Å². The van der Waals surface area contributed by atoms with Gasteiger partial charge >= 0.3 is 0 Å². The van der Waals surface area contributed by atoms with Crippen LogP contribution in [0.15, 0.2) is 18.2 Å². The molecule has 0 unspecified atom stereocenters. The van der Waals surface area contributed by atoms with Gasteiger partial charge in [-0.25, -0.2) is 9.97 Å². The van der Waals surface area contributed by atoms with E-state index in [9.17, 15) is 4.79 Å². The minimum Gasteiger partial charge on any atom is -0.355 e. The van der Waals surface area contributed by atoms with E-state index in [1.807, 2.05) is 39.0 Å². The molecule has 0 bridgehead atoms. The highest BCUT2D eigenvalue weighted by Crippen LogP contribution is 2.27. The van der Waals surface area contributed by atoms with Crippen LogP contribution in [0.5, 0.6) is 0 Å². The Kier molecular flexibility index (Phi) is 7.00. The maximum Gasteiger partial charge on any atom is 0.221 e. The molecule has 0 aliphatic heterocycles. The highest BCUT2D eigenvalue weighted by Gasteiger charge is 2.15. The van der Waals surface area contributed by atoms with Gasteiger partial charge in [0.25, 0.3) is 0 Å². The molecule has 0 saturated heterocycles. The number of carbonyl (C=O) groups is 1. The van der Waals surface area contributed by atoms with Gasteiger partial charge in [0.05, 0.1) is 5.52 Å². The number of rotatable bonds is 8. The summed E-state index contributed by atoms with van der Waals surface area (Å²) in [6.45, 7) is 9.57. The number of halogens is 1. The molecule has 1 aromatic heterocycles. The first-order valence-corrected chi connectivity index (χ1v) is 9.32. The summed E-state index contributed by atoms with van der Waals surface area (Å²) in [6.07, 6.45) is 2.17. The number of amides is 1. The molecule has 1 aromatic carbocycles. The van der Waals surface area contributed by atoms with Crippen LogP contribution in [0.25, 0.3) is 10.9 Å². The number of anilines is 1. The summed E-state index contributed by atoms with van der Waals surface area (Å²) in [7, 11) is 0. The molecule has 2 rings (SSSR count). The van der Waals surface area contributed by atoms with Crippen molar-refractivity contribution in [3.63, 3.8) is 0 Å². The lowest BCUT2D eigenvalue weighted by molar-refractivity contribution is -0.121. The van der Waals surface area contributed by atoms with Gasteiger partial charge in [-0.05, 0) is 38.5 Å². The Balaban J connectivity index is 2.34. The Morgan fingerprint density at radius 2 is 2.00 bits per heavy atom. The van der Waals surface area contributed by atoms with E-state index in [2.05, 4.69) is 22.1 Å². The zero-order valence-electron chi connectivity index (χ0n) is 15.5. The lowest BCUT2D eigenvalue weighted by Gasteiger charge is -2.25. The average molecular weight is 363 g/mol. The monoisotopic (exact) mass is 362 g/mol. The Bertz CT molecular complexity index is 733. The number of hydrogen-bond acceptors (Lipinski definition) is 4. The van der Waals surface area contributed by atoms with Crippen molar-refractivity contribution in [2.24, 2.45) is 0 Å². The first-order chi connectivity index (χ1) is 11.9. The molecule has 136 valence electrons. The number of fused-ring (bicyclic) bond motifs is 1. The fourth-order valence-electron chi connectivity index (χ4n) is 2.76. The SMILES string of the molecule is CCCN(CCC(=O)NC(C)C)c1nc(CC)nc2cc(Cl)ccc12. The van der Waals surface area contributed by atoms with E-state index in [0.29, 0.717) is 18.0 Å². The van der Waals surface area contributed by atoms with Crippen molar-refractivity contribution in [1.29, 1.82) is 0 Å². The van der Waals surface area contributed by atoms with Crippen LogP contribution in [-0.4, -0.2) is 35.0 Å². The summed E-state index contributed by atoms with van der Waals surface area (Å²) < 4.78 is 0. The molecule has 1 heterocycles. The molecular formula is C19H27ClN4O. The minimum absolute atomic E-state index is 0.0632. The third-order valence-electron chi connectivity index (χ3n) is 3.85. The van der Waals surface area contributed by atoms with Crippen molar-refractivity contribution >= 4 is 34.2 Å². The van der Waals surface area contributed by atoms with Crippen LogP contribution in [0, 0.1) is 0 Å². The van der Waals surface area contributed by atoms with Crippen LogP contribution in [0.1, 0.15) is 46.4 Å². The summed E-state index contributed by atoms with van der Waals surface area (Å²) in [5.74, 6) is 1.74. The molecule has 5 nitrogen and oxygen atoms in total. The van der Waals surface area contributed by atoms with Gasteiger partial charge in [0.15, 0.2) is 0 Å². The van der Waals surface area contributed by atoms with Gasteiger partial charge in [-0.1, -0.05) is 25.4 Å². The van der Waals surface area contributed by atoms with Gasteiger partial charge in [-0.3, -0.25) is 4.79 Å². The van der Waals surface area contributed by atoms with Crippen molar-refractivity contribution < 1.29 is 4.79 Å². The molecule has 6 heteroatoms. The number of benzene rings is 1. The number of aromatic nitrogens is 2. The van der Waals surface area contributed by atoms with Gasteiger partial charge in [-0.15, -0.1) is 0 Å². The number of hydrogen-bond donors (Lipinski definition) is 1. The molecule has 0 fully saturated rings. The molecule has 1 amide bonds. The minimum atomic E-state index is 0.0632. The zero-order chi connectivity index (χ0) is 18.4. The van der Waals surface area contributed by atoms with Crippen LogP contribution in [-0.2, 0) is 11.2 Å². The number of carbonyl (C=O) groups excluding carboxylic acids is 1.